The van der Waals surface area contributed by atoms with Crippen molar-refractivity contribution in [2.45, 2.75) is 20.4 Å². The Hall–Kier alpha value is -2.55. The number of nitrogen functional groups attached to an aromatic ring is 1. The minimum Gasteiger partial charge on any atom is -0.399 e. The highest BCUT2D eigenvalue weighted by atomic mass is 15.3. The van der Waals surface area contributed by atoms with Gasteiger partial charge in [0.2, 0.25) is 0 Å². The van der Waals surface area contributed by atoms with Gasteiger partial charge in [0, 0.05) is 17.4 Å². The van der Waals surface area contributed by atoms with Crippen molar-refractivity contribution in [1.29, 1.82) is 0 Å². The SMILES string of the molecule is Cc1ccc(Cn2cc(-c3cccc(N)c3)cn2)cc1C. The van der Waals surface area contributed by atoms with Crippen LogP contribution in [0.5, 0.6) is 0 Å². The van der Waals surface area contributed by atoms with E-state index >= 15 is 0 Å². The number of rotatable bonds is 3. The van der Waals surface area contributed by atoms with Crippen LogP contribution in [-0.4, -0.2) is 9.78 Å². The van der Waals surface area contributed by atoms with Gasteiger partial charge in [-0.15, -0.1) is 0 Å². The van der Waals surface area contributed by atoms with Crippen LogP contribution < -0.4 is 5.73 Å². The highest BCUT2D eigenvalue weighted by molar-refractivity contribution is 5.65. The molecule has 0 saturated heterocycles. The molecule has 2 N–H and O–H groups in total. The van der Waals surface area contributed by atoms with Crippen molar-refractivity contribution in [3.63, 3.8) is 0 Å². The second kappa shape index (κ2) is 5.44. The summed E-state index contributed by atoms with van der Waals surface area (Å²) in [6, 6.07) is 14.4. The first-order valence-electron chi connectivity index (χ1n) is 7.06. The first-order valence-corrected chi connectivity index (χ1v) is 7.06. The van der Waals surface area contributed by atoms with Gasteiger partial charge in [-0.25, -0.2) is 0 Å². The average Bonchev–Trinajstić information content (AvgIpc) is 2.91. The van der Waals surface area contributed by atoms with E-state index in [0.717, 1.165) is 23.4 Å². The van der Waals surface area contributed by atoms with E-state index < -0.39 is 0 Å². The largest absolute Gasteiger partial charge is 0.399 e. The molecule has 3 aromatic rings. The van der Waals surface area contributed by atoms with Crippen LogP contribution in [0.25, 0.3) is 11.1 Å². The number of benzene rings is 2. The third-order valence-electron chi connectivity index (χ3n) is 3.77. The molecule has 0 aliphatic heterocycles. The van der Waals surface area contributed by atoms with Gasteiger partial charge < -0.3 is 5.73 Å². The van der Waals surface area contributed by atoms with Crippen molar-refractivity contribution in [3.05, 3.63) is 71.5 Å². The van der Waals surface area contributed by atoms with Crippen molar-refractivity contribution in [2.24, 2.45) is 0 Å². The van der Waals surface area contributed by atoms with Gasteiger partial charge in [-0.1, -0.05) is 30.3 Å². The van der Waals surface area contributed by atoms with Crippen molar-refractivity contribution in [1.82, 2.24) is 9.78 Å². The van der Waals surface area contributed by atoms with Crippen LogP contribution >= 0.6 is 0 Å². The van der Waals surface area contributed by atoms with Gasteiger partial charge in [0.15, 0.2) is 0 Å². The van der Waals surface area contributed by atoms with Gasteiger partial charge in [0.1, 0.15) is 0 Å². The number of aryl methyl sites for hydroxylation is 2. The van der Waals surface area contributed by atoms with Gasteiger partial charge >= 0.3 is 0 Å². The molecule has 0 saturated carbocycles. The summed E-state index contributed by atoms with van der Waals surface area (Å²) in [6.45, 7) is 5.05. The first kappa shape index (κ1) is 13.4. The van der Waals surface area contributed by atoms with Crippen molar-refractivity contribution < 1.29 is 0 Å². The standard InChI is InChI=1S/C18H19N3/c1-13-6-7-15(8-14(13)2)11-21-12-17(10-20-21)16-4-3-5-18(19)9-16/h3-10,12H,11,19H2,1-2H3. The lowest BCUT2D eigenvalue weighted by Gasteiger charge is -2.05. The lowest BCUT2D eigenvalue weighted by molar-refractivity contribution is 0.686. The predicted molar refractivity (Wildman–Crippen MR) is 87.1 cm³/mol. The number of anilines is 1. The number of nitrogens with zero attached hydrogens (tertiary/aromatic N) is 2. The van der Waals surface area contributed by atoms with Crippen molar-refractivity contribution in [3.8, 4) is 11.1 Å². The highest BCUT2D eigenvalue weighted by Crippen LogP contribution is 2.21. The van der Waals surface area contributed by atoms with Crippen LogP contribution in [-0.2, 0) is 6.54 Å². The molecule has 0 atom stereocenters. The molecule has 0 radical (unpaired) electrons. The molecule has 106 valence electrons. The molecular formula is C18H19N3. The summed E-state index contributed by atoms with van der Waals surface area (Å²) in [5.74, 6) is 0. The summed E-state index contributed by atoms with van der Waals surface area (Å²) in [6.07, 6.45) is 3.94. The smallest absolute Gasteiger partial charge is 0.0659 e. The van der Waals surface area contributed by atoms with E-state index in [2.05, 4.69) is 43.3 Å². The molecule has 1 aromatic heterocycles. The second-order valence-corrected chi connectivity index (χ2v) is 5.47. The Kier molecular flexibility index (Phi) is 3.48. The monoisotopic (exact) mass is 277 g/mol. The van der Waals surface area contributed by atoms with Crippen LogP contribution in [0, 0.1) is 13.8 Å². The quantitative estimate of drug-likeness (QED) is 0.740. The van der Waals surface area contributed by atoms with Gasteiger partial charge in [0.25, 0.3) is 0 Å². The molecule has 0 aliphatic carbocycles. The van der Waals surface area contributed by atoms with E-state index in [1.807, 2.05) is 35.1 Å². The lowest BCUT2D eigenvalue weighted by Crippen LogP contribution is -2.00. The fraction of sp³-hybridized carbons (Fsp3) is 0.167. The van der Waals surface area contributed by atoms with Gasteiger partial charge in [-0.2, -0.15) is 5.10 Å². The van der Waals surface area contributed by atoms with Crippen molar-refractivity contribution in [2.75, 3.05) is 5.73 Å². The Bertz CT molecular complexity index is 772. The van der Waals surface area contributed by atoms with Crippen molar-refractivity contribution >= 4 is 5.69 Å². The van der Waals surface area contributed by atoms with Crippen LogP contribution in [0.4, 0.5) is 5.69 Å². The molecule has 0 fully saturated rings. The molecule has 0 amide bonds. The minimum absolute atomic E-state index is 0.773. The normalized spacial score (nSPS) is 10.8. The molecule has 3 rings (SSSR count). The fourth-order valence-electron chi connectivity index (χ4n) is 2.41. The third kappa shape index (κ3) is 2.97. The summed E-state index contributed by atoms with van der Waals surface area (Å²) in [5.41, 5.74) is 12.7. The number of aromatic nitrogens is 2. The van der Waals surface area contributed by atoms with Crippen LogP contribution in [0.3, 0.4) is 0 Å². The van der Waals surface area contributed by atoms with Crippen LogP contribution in [0.2, 0.25) is 0 Å². The van der Waals surface area contributed by atoms with Crippen LogP contribution in [0.1, 0.15) is 16.7 Å². The molecule has 0 bridgehead atoms. The summed E-state index contributed by atoms with van der Waals surface area (Å²) >= 11 is 0. The molecule has 0 aliphatic rings. The summed E-state index contributed by atoms with van der Waals surface area (Å²) in [5, 5.41) is 4.45. The number of nitrogens with two attached hydrogens (primary N) is 1. The predicted octanol–water partition coefficient (Wildman–Crippen LogP) is 3.80. The highest BCUT2D eigenvalue weighted by Gasteiger charge is 2.03. The number of hydrogen-bond acceptors (Lipinski definition) is 2. The average molecular weight is 277 g/mol. The van der Waals surface area contributed by atoms with Gasteiger partial charge in [0.05, 0.1) is 12.7 Å². The second-order valence-electron chi connectivity index (χ2n) is 5.47. The fourth-order valence-corrected chi connectivity index (χ4v) is 2.41. The summed E-state index contributed by atoms with van der Waals surface area (Å²) in [7, 11) is 0. The summed E-state index contributed by atoms with van der Waals surface area (Å²) in [4.78, 5) is 0. The van der Waals surface area contributed by atoms with E-state index in [0.29, 0.717) is 0 Å². The summed E-state index contributed by atoms with van der Waals surface area (Å²) < 4.78 is 1.96. The number of hydrogen-bond donors (Lipinski definition) is 1. The van der Waals surface area contributed by atoms with Crippen LogP contribution in [0.15, 0.2) is 54.9 Å². The Morgan fingerprint density at radius 3 is 2.62 bits per heavy atom. The Labute approximate surface area is 125 Å². The Morgan fingerprint density at radius 2 is 1.86 bits per heavy atom. The third-order valence-corrected chi connectivity index (χ3v) is 3.77. The van der Waals surface area contributed by atoms with E-state index in [4.69, 9.17) is 5.73 Å². The molecule has 0 spiro atoms. The van der Waals surface area contributed by atoms with E-state index in [1.54, 1.807) is 0 Å². The zero-order valence-corrected chi connectivity index (χ0v) is 12.4. The maximum atomic E-state index is 5.83. The molecule has 1 heterocycles. The topological polar surface area (TPSA) is 43.8 Å². The molecule has 0 unspecified atom stereocenters. The van der Waals surface area contributed by atoms with Gasteiger partial charge in [-0.3, -0.25) is 4.68 Å². The maximum absolute atomic E-state index is 5.83. The Balaban J connectivity index is 1.83. The molecule has 21 heavy (non-hydrogen) atoms. The lowest BCUT2D eigenvalue weighted by atomic mass is 10.1. The maximum Gasteiger partial charge on any atom is 0.0659 e. The molecule has 3 heteroatoms. The van der Waals surface area contributed by atoms with E-state index in [1.165, 1.54) is 16.7 Å². The molecule has 2 aromatic carbocycles. The van der Waals surface area contributed by atoms with E-state index in [-0.39, 0.29) is 0 Å². The zero-order chi connectivity index (χ0) is 14.8. The molecule has 3 nitrogen and oxygen atoms in total. The first-order chi connectivity index (χ1) is 10.1. The van der Waals surface area contributed by atoms with Gasteiger partial charge in [-0.05, 0) is 48.2 Å². The zero-order valence-electron chi connectivity index (χ0n) is 12.4. The molecular weight excluding hydrogens is 258 g/mol. The minimum atomic E-state index is 0.773. The van der Waals surface area contributed by atoms with E-state index in [9.17, 15) is 0 Å². The Morgan fingerprint density at radius 1 is 1.00 bits per heavy atom.